The summed E-state index contributed by atoms with van der Waals surface area (Å²) in [5.41, 5.74) is 6.36. The van der Waals surface area contributed by atoms with Gasteiger partial charge in [-0.2, -0.15) is 5.26 Å². The summed E-state index contributed by atoms with van der Waals surface area (Å²) in [6.07, 6.45) is 5.00. The van der Waals surface area contributed by atoms with Crippen molar-refractivity contribution in [3.8, 4) is 16.6 Å². The molecule has 19 heavy (non-hydrogen) atoms. The quantitative estimate of drug-likeness (QED) is 0.738. The van der Waals surface area contributed by atoms with Crippen LogP contribution >= 0.6 is 11.3 Å². The van der Waals surface area contributed by atoms with E-state index in [9.17, 15) is 0 Å². The van der Waals surface area contributed by atoms with Crippen molar-refractivity contribution in [1.82, 2.24) is 19.9 Å². The number of nitrogens with two attached hydrogens (primary N) is 1. The third-order valence-corrected chi connectivity index (χ3v) is 4.01. The van der Waals surface area contributed by atoms with Gasteiger partial charge in [-0.05, 0) is 13.0 Å². The van der Waals surface area contributed by atoms with Crippen molar-refractivity contribution in [2.45, 2.75) is 12.5 Å². The van der Waals surface area contributed by atoms with Crippen LogP contribution in [0.2, 0.25) is 0 Å². The molecule has 0 spiro atoms. The normalized spacial score (nSPS) is 14.2. The fourth-order valence-electron chi connectivity index (χ4n) is 1.74. The lowest BCUT2D eigenvalue weighted by Crippen LogP contribution is -2.30. The Labute approximate surface area is 113 Å². The summed E-state index contributed by atoms with van der Waals surface area (Å²) in [6, 6.07) is 3.95. The Morgan fingerprint density at radius 2 is 2.26 bits per heavy atom. The van der Waals surface area contributed by atoms with Crippen molar-refractivity contribution < 1.29 is 0 Å². The van der Waals surface area contributed by atoms with Crippen molar-refractivity contribution in [2.24, 2.45) is 5.73 Å². The van der Waals surface area contributed by atoms with Gasteiger partial charge in [-0.15, -0.1) is 11.3 Å². The van der Waals surface area contributed by atoms with E-state index in [1.807, 2.05) is 18.3 Å². The number of thiazole rings is 1. The van der Waals surface area contributed by atoms with E-state index in [0.717, 1.165) is 21.6 Å². The van der Waals surface area contributed by atoms with Gasteiger partial charge < -0.3 is 10.7 Å². The molecule has 94 valence electrons. The molecular weight excluding hydrogens is 260 g/mol. The lowest BCUT2D eigenvalue weighted by Gasteiger charge is -2.10. The molecule has 0 saturated carbocycles. The Balaban J connectivity index is 2.14. The third kappa shape index (κ3) is 1.87. The zero-order valence-corrected chi connectivity index (χ0v) is 10.9. The first-order valence-electron chi connectivity index (χ1n) is 5.57. The van der Waals surface area contributed by atoms with Gasteiger partial charge in [0.2, 0.25) is 0 Å². The smallest absolute Gasteiger partial charge is 0.153 e. The number of nitrogens with one attached hydrogen (secondary N) is 1. The fraction of sp³-hybridized carbons (Fsp3) is 0.167. The predicted molar refractivity (Wildman–Crippen MR) is 72.1 cm³/mol. The molecule has 3 aromatic heterocycles. The highest BCUT2D eigenvalue weighted by Gasteiger charge is 2.25. The molecule has 0 radical (unpaired) electrons. The Hall–Kier alpha value is -2.30. The van der Waals surface area contributed by atoms with Crippen molar-refractivity contribution >= 4 is 22.4 Å². The van der Waals surface area contributed by atoms with Crippen LogP contribution in [0.1, 0.15) is 11.9 Å². The fourth-order valence-corrected chi connectivity index (χ4v) is 2.68. The molecule has 7 heteroatoms. The summed E-state index contributed by atoms with van der Waals surface area (Å²) in [6.45, 7) is 1.64. The van der Waals surface area contributed by atoms with Crippen molar-refractivity contribution in [1.29, 1.82) is 5.26 Å². The van der Waals surface area contributed by atoms with Crippen molar-refractivity contribution in [3.63, 3.8) is 0 Å². The second-order valence-corrected chi connectivity index (χ2v) is 5.34. The van der Waals surface area contributed by atoms with E-state index in [1.165, 1.54) is 17.7 Å². The lowest BCUT2D eigenvalue weighted by molar-refractivity contribution is 0.640. The molecule has 0 aliphatic heterocycles. The van der Waals surface area contributed by atoms with Crippen LogP contribution in [0.4, 0.5) is 0 Å². The first-order chi connectivity index (χ1) is 9.12. The third-order valence-electron chi connectivity index (χ3n) is 2.77. The second-order valence-electron chi connectivity index (χ2n) is 4.31. The summed E-state index contributed by atoms with van der Waals surface area (Å²) in [5.74, 6) is 0. The van der Waals surface area contributed by atoms with Gasteiger partial charge in [0.25, 0.3) is 0 Å². The van der Waals surface area contributed by atoms with E-state index in [2.05, 4.69) is 19.9 Å². The highest BCUT2D eigenvalue weighted by molar-refractivity contribution is 7.15. The van der Waals surface area contributed by atoms with E-state index in [0.29, 0.717) is 5.01 Å². The highest BCUT2D eigenvalue weighted by Crippen LogP contribution is 2.32. The van der Waals surface area contributed by atoms with Crippen LogP contribution in [-0.2, 0) is 5.54 Å². The van der Waals surface area contributed by atoms with Crippen LogP contribution in [0.25, 0.3) is 21.6 Å². The number of aromatic amines is 1. The van der Waals surface area contributed by atoms with Crippen LogP contribution in [0.5, 0.6) is 0 Å². The minimum Gasteiger partial charge on any atom is -0.346 e. The van der Waals surface area contributed by atoms with E-state index in [4.69, 9.17) is 11.0 Å². The lowest BCUT2D eigenvalue weighted by atomic mass is 10.1. The predicted octanol–water partition coefficient (Wildman–Crippen LogP) is 1.78. The Morgan fingerprint density at radius 1 is 1.42 bits per heavy atom. The van der Waals surface area contributed by atoms with Gasteiger partial charge in [0.15, 0.2) is 5.54 Å². The average molecular weight is 270 g/mol. The molecule has 3 aromatic rings. The van der Waals surface area contributed by atoms with Gasteiger partial charge in [-0.1, -0.05) is 0 Å². The highest BCUT2D eigenvalue weighted by atomic mass is 32.1. The SMILES string of the molecule is CC(N)(C#N)c1ncc(-c2ncnc3[nH]ccc23)s1. The first kappa shape index (κ1) is 11.8. The maximum absolute atomic E-state index is 9.03. The van der Waals surface area contributed by atoms with Gasteiger partial charge in [-0.3, -0.25) is 0 Å². The van der Waals surface area contributed by atoms with Gasteiger partial charge in [0.1, 0.15) is 17.0 Å². The van der Waals surface area contributed by atoms with Crippen LogP contribution in [0.3, 0.4) is 0 Å². The zero-order valence-electron chi connectivity index (χ0n) is 10.1. The monoisotopic (exact) mass is 270 g/mol. The summed E-state index contributed by atoms with van der Waals surface area (Å²) in [7, 11) is 0. The number of rotatable bonds is 2. The van der Waals surface area contributed by atoms with E-state index < -0.39 is 5.54 Å². The number of hydrogen-bond donors (Lipinski definition) is 2. The molecule has 1 atom stereocenters. The zero-order chi connectivity index (χ0) is 13.5. The van der Waals surface area contributed by atoms with Gasteiger partial charge in [0, 0.05) is 17.8 Å². The molecule has 6 nitrogen and oxygen atoms in total. The van der Waals surface area contributed by atoms with Gasteiger partial charge >= 0.3 is 0 Å². The van der Waals surface area contributed by atoms with Gasteiger partial charge in [0.05, 0.1) is 16.6 Å². The van der Waals surface area contributed by atoms with Crippen molar-refractivity contribution in [3.05, 3.63) is 29.8 Å². The minimum absolute atomic E-state index is 0.576. The Morgan fingerprint density at radius 3 is 3.05 bits per heavy atom. The number of nitriles is 1. The number of fused-ring (bicyclic) bond motifs is 1. The van der Waals surface area contributed by atoms with Gasteiger partial charge in [-0.25, -0.2) is 15.0 Å². The minimum atomic E-state index is -1.08. The van der Waals surface area contributed by atoms with E-state index in [-0.39, 0.29) is 0 Å². The molecule has 0 fully saturated rings. The van der Waals surface area contributed by atoms with Crippen LogP contribution in [0.15, 0.2) is 24.8 Å². The molecule has 0 saturated heterocycles. The maximum atomic E-state index is 9.03. The van der Waals surface area contributed by atoms with Crippen LogP contribution in [0, 0.1) is 11.3 Å². The summed E-state index contributed by atoms with van der Waals surface area (Å²) in [5, 5.41) is 10.5. The maximum Gasteiger partial charge on any atom is 0.153 e. The molecule has 0 aliphatic rings. The Bertz CT molecular complexity index is 779. The molecule has 3 N–H and O–H groups in total. The summed E-state index contributed by atoms with van der Waals surface area (Å²) >= 11 is 1.37. The van der Waals surface area contributed by atoms with E-state index >= 15 is 0 Å². The number of H-pyrrole nitrogens is 1. The Kier molecular flexibility index (Phi) is 2.55. The molecule has 3 rings (SSSR count). The van der Waals surface area contributed by atoms with Crippen LogP contribution < -0.4 is 5.73 Å². The summed E-state index contributed by atoms with van der Waals surface area (Å²) < 4.78 is 0. The standard InChI is InChI=1S/C12H10N6S/c1-12(14,5-13)11-16-4-8(19-11)9-7-2-3-15-10(7)18-6-17-9/h2-4,6H,14H2,1H3,(H,15,17,18). The molecule has 0 aromatic carbocycles. The molecule has 3 heterocycles. The van der Waals surface area contributed by atoms with Crippen LogP contribution in [-0.4, -0.2) is 19.9 Å². The molecule has 0 amide bonds. The second kappa shape index (κ2) is 4.12. The molecule has 0 bridgehead atoms. The van der Waals surface area contributed by atoms with Crippen molar-refractivity contribution in [2.75, 3.05) is 0 Å². The largest absolute Gasteiger partial charge is 0.346 e. The number of nitrogens with zero attached hydrogens (tertiary/aromatic N) is 4. The topological polar surface area (TPSA) is 104 Å². The molecule has 0 aliphatic carbocycles. The first-order valence-corrected chi connectivity index (χ1v) is 6.38. The average Bonchev–Trinajstić information content (AvgIpc) is 3.07. The molecule has 1 unspecified atom stereocenters. The number of aromatic nitrogens is 4. The summed E-state index contributed by atoms with van der Waals surface area (Å²) in [4.78, 5) is 16.6. The molecular formula is C12H10N6S. The van der Waals surface area contributed by atoms with E-state index in [1.54, 1.807) is 13.1 Å². The number of hydrogen-bond acceptors (Lipinski definition) is 6.